The topological polar surface area (TPSA) is 26.3 Å². The zero-order valence-corrected chi connectivity index (χ0v) is 18.7. The van der Waals surface area contributed by atoms with E-state index in [1.165, 1.54) is 0 Å². The monoisotopic (exact) mass is 646 g/mol. The molecule has 2 atom stereocenters. The Morgan fingerprint density at radius 2 is 0.775 bits per heavy atom. The van der Waals surface area contributed by atoms with Crippen molar-refractivity contribution in [2.45, 2.75) is 79.4 Å². The van der Waals surface area contributed by atoms with E-state index in [0.29, 0.717) is 0 Å². The molecule has 0 N–H and O–H groups in total. The fourth-order valence-corrected chi connectivity index (χ4v) is 2.48. The van der Waals surface area contributed by atoms with E-state index in [1.54, 1.807) is 0 Å². The molecule has 0 amide bonds. The lowest BCUT2D eigenvalue weighted by Crippen LogP contribution is -2.77. The molecule has 0 aromatic carbocycles. The third kappa shape index (κ3) is 4.81. The van der Waals surface area contributed by atoms with Crippen molar-refractivity contribution < 1.29 is 102 Å². The zero-order valence-electron chi connectivity index (χ0n) is 18.7. The molecule has 0 aliphatic heterocycles. The van der Waals surface area contributed by atoms with E-state index in [9.17, 15) is 97.0 Å². The van der Waals surface area contributed by atoms with Crippen LogP contribution in [0.3, 0.4) is 0 Å². The lowest BCUT2D eigenvalue weighted by Gasteiger charge is -2.45. The Hall–Kier alpha value is -2.26. The Morgan fingerprint density at radius 3 is 1.02 bits per heavy atom. The van der Waals surface area contributed by atoms with E-state index in [2.05, 4.69) is 11.3 Å². The van der Waals surface area contributed by atoms with Crippen LogP contribution in [0.5, 0.6) is 0 Å². The molecule has 0 aromatic heterocycles. The summed E-state index contributed by atoms with van der Waals surface area (Å²) in [6.45, 7) is 2.51. The predicted molar refractivity (Wildman–Crippen MR) is 85.5 cm³/mol. The first-order valence-corrected chi connectivity index (χ1v) is 9.34. The second-order valence-electron chi connectivity index (χ2n) is 7.85. The van der Waals surface area contributed by atoms with Crippen LogP contribution in [-0.4, -0.2) is 71.6 Å². The minimum Gasteiger partial charge on any atom is -0.459 e. The van der Waals surface area contributed by atoms with Gasteiger partial charge in [-0.2, -0.15) is 92.2 Å². The highest BCUT2D eigenvalue weighted by Gasteiger charge is 2.98. The van der Waals surface area contributed by atoms with E-state index >= 15 is 0 Å². The van der Waals surface area contributed by atoms with Gasteiger partial charge >= 0.3 is 65.4 Å². The van der Waals surface area contributed by atoms with E-state index in [-0.39, 0.29) is 19.9 Å². The first-order chi connectivity index (χ1) is 17.0. The van der Waals surface area contributed by atoms with Gasteiger partial charge in [0.05, 0.1) is 5.92 Å². The smallest absolute Gasteiger partial charge is 0.459 e. The molecule has 0 fully saturated rings. The lowest BCUT2D eigenvalue weighted by atomic mass is 9.83. The van der Waals surface area contributed by atoms with Crippen molar-refractivity contribution in [2.75, 3.05) is 0 Å². The van der Waals surface area contributed by atoms with E-state index < -0.39 is 77.5 Å². The molecule has 0 radical (unpaired) electrons. The van der Waals surface area contributed by atoms with E-state index in [4.69, 9.17) is 0 Å². The maximum Gasteiger partial charge on any atom is 0.460 e. The van der Waals surface area contributed by atoms with Crippen molar-refractivity contribution >= 4 is 5.97 Å². The molecule has 23 heteroatoms. The Morgan fingerprint density at radius 1 is 0.525 bits per heavy atom. The number of esters is 1. The number of hydrogen-bond donors (Lipinski definition) is 0. The molecule has 0 aromatic rings. The van der Waals surface area contributed by atoms with Crippen LogP contribution >= 0.6 is 0 Å². The first-order valence-electron chi connectivity index (χ1n) is 9.34. The number of carbonyl (C=O) groups is 1. The van der Waals surface area contributed by atoms with Crippen LogP contribution in [-0.2, 0) is 9.53 Å². The maximum absolute atomic E-state index is 14.1. The van der Waals surface area contributed by atoms with Crippen LogP contribution in [0.1, 0.15) is 13.8 Å². The van der Waals surface area contributed by atoms with Gasteiger partial charge in [0.15, 0.2) is 0 Å². The summed E-state index contributed by atoms with van der Waals surface area (Å²) in [5.41, 5.74) is 0. The summed E-state index contributed by atoms with van der Waals surface area (Å²) in [4.78, 5) is 10.9. The predicted octanol–water partition coefficient (Wildman–Crippen LogP) is 8.02. The van der Waals surface area contributed by atoms with Gasteiger partial charge in [-0.15, -0.1) is 0 Å². The fourth-order valence-electron chi connectivity index (χ4n) is 2.48. The molecule has 0 spiro atoms. The van der Waals surface area contributed by atoms with Crippen LogP contribution in [0, 0.1) is 5.92 Å². The molecule has 0 saturated heterocycles. The highest BCUT2D eigenvalue weighted by atomic mass is 19.4. The number of carbonyl (C=O) groups excluding carboxylic acids is 1. The largest absolute Gasteiger partial charge is 0.460 e. The van der Waals surface area contributed by atoms with Crippen LogP contribution in [0.15, 0.2) is 12.7 Å². The van der Waals surface area contributed by atoms with Crippen LogP contribution in [0.4, 0.5) is 92.2 Å². The lowest BCUT2D eigenvalue weighted by molar-refractivity contribution is -0.475. The summed E-state index contributed by atoms with van der Waals surface area (Å²) in [7, 11) is 0. The fraction of sp³-hybridized carbons (Fsp3) is 0.824. The average Bonchev–Trinajstić information content (AvgIpc) is 2.76. The van der Waals surface area contributed by atoms with E-state index in [0.717, 1.165) is 0 Å². The Labute approximate surface area is 207 Å². The molecular formula is C17H11F21O2. The molecule has 0 aliphatic carbocycles. The van der Waals surface area contributed by atoms with Gasteiger partial charge in [0, 0.05) is 6.08 Å². The molecule has 40 heavy (non-hydrogen) atoms. The second-order valence-corrected chi connectivity index (χ2v) is 7.85. The van der Waals surface area contributed by atoms with Crippen molar-refractivity contribution in [1.82, 2.24) is 0 Å². The number of ether oxygens (including phenoxy) is 1. The van der Waals surface area contributed by atoms with Gasteiger partial charge in [0.1, 0.15) is 6.10 Å². The maximum atomic E-state index is 14.1. The van der Waals surface area contributed by atoms with Gasteiger partial charge in [0.25, 0.3) is 0 Å². The van der Waals surface area contributed by atoms with Crippen molar-refractivity contribution in [3.63, 3.8) is 0 Å². The van der Waals surface area contributed by atoms with Gasteiger partial charge in [0.2, 0.25) is 0 Å². The molecule has 0 heterocycles. The van der Waals surface area contributed by atoms with Crippen molar-refractivity contribution in [3.8, 4) is 0 Å². The van der Waals surface area contributed by atoms with Gasteiger partial charge in [-0.3, -0.25) is 0 Å². The Kier molecular flexibility index (Phi) is 9.37. The van der Waals surface area contributed by atoms with Crippen LogP contribution in [0.25, 0.3) is 0 Å². The van der Waals surface area contributed by atoms with Crippen molar-refractivity contribution in [1.29, 1.82) is 0 Å². The number of hydrogen-bond acceptors (Lipinski definition) is 2. The standard InChI is InChI=1S/C17H11F21O2/c1-4-7(39)40-6(3)5(2)8(18,19)9(20,21)10(22,23)11(24,25)12(26,27)13(28,29)14(30,31)15(32,33)16(34,35)17(36,37)38/h4-6H,1H2,2-3H3. The molecule has 238 valence electrons. The normalized spacial score (nSPS) is 17.4. The number of halogens is 21. The molecule has 0 aliphatic rings. The zero-order chi connectivity index (χ0) is 33.1. The average molecular weight is 646 g/mol. The van der Waals surface area contributed by atoms with Crippen LogP contribution < -0.4 is 0 Å². The van der Waals surface area contributed by atoms with Gasteiger partial charge in [-0.05, 0) is 6.92 Å². The second kappa shape index (κ2) is 9.93. The number of rotatable bonds is 12. The summed E-state index contributed by atoms with van der Waals surface area (Å²) in [6, 6.07) is 0. The third-order valence-electron chi connectivity index (χ3n) is 5.28. The SMILES string of the molecule is C=CC(=O)OC(C)C(C)C(F)(F)C(F)(F)C(F)(F)C(F)(F)C(F)(F)C(F)(F)C(F)(F)C(F)(F)C(F)(F)C(F)(F)F. The van der Waals surface area contributed by atoms with E-state index in [1.807, 2.05) is 0 Å². The van der Waals surface area contributed by atoms with Crippen molar-refractivity contribution in [2.24, 2.45) is 5.92 Å². The number of alkyl halides is 21. The molecule has 0 rings (SSSR count). The molecule has 2 nitrogen and oxygen atoms in total. The quantitative estimate of drug-likeness (QED) is 0.122. The van der Waals surface area contributed by atoms with Crippen molar-refractivity contribution in [3.05, 3.63) is 12.7 Å². The van der Waals surface area contributed by atoms with Gasteiger partial charge in [-0.25, -0.2) is 4.79 Å². The highest BCUT2D eigenvalue weighted by Crippen LogP contribution is 2.66. The summed E-state index contributed by atoms with van der Waals surface area (Å²) in [5.74, 6) is -83.1. The Bertz CT molecular complexity index is 947. The molecule has 2 unspecified atom stereocenters. The van der Waals surface area contributed by atoms with Crippen LogP contribution in [0.2, 0.25) is 0 Å². The summed E-state index contributed by atoms with van der Waals surface area (Å²) in [5, 5.41) is 0. The Balaban J connectivity index is 7.06. The summed E-state index contributed by atoms with van der Waals surface area (Å²) < 4.78 is 285. The summed E-state index contributed by atoms with van der Waals surface area (Å²) >= 11 is 0. The molecule has 0 saturated carbocycles. The summed E-state index contributed by atoms with van der Waals surface area (Å²) in [6.07, 6.45) is -10.7. The van der Waals surface area contributed by atoms with Gasteiger partial charge in [-0.1, -0.05) is 13.5 Å². The van der Waals surface area contributed by atoms with Gasteiger partial charge < -0.3 is 4.74 Å². The third-order valence-corrected chi connectivity index (χ3v) is 5.28. The molecular weight excluding hydrogens is 635 g/mol. The minimum absolute atomic E-state index is 0.128. The highest BCUT2D eigenvalue weighted by molar-refractivity contribution is 5.81. The first kappa shape index (κ1) is 37.7. The molecule has 0 bridgehead atoms. The minimum atomic E-state index is -9.23.